The van der Waals surface area contributed by atoms with E-state index in [0.29, 0.717) is 12.0 Å². The Balaban J connectivity index is 1.92. The van der Waals surface area contributed by atoms with Crippen molar-refractivity contribution in [3.05, 3.63) is 34.8 Å². The number of nitrogens with one attached hydrogen (secondary N) is 2. The van der Waals surface area contributed by atoms with E-state index in [1.54, 1.807) is 12.5 Å². The van der Waals surface area contributed by atoms with Gasteiger partial charge in [-0.3, -0.25) is 0 Å². The van der Waals surface area contributed by atoms with Crippen molar-refractivity contribution < 1.29 is 4.42 Å². The van der Waals surface area contributed by atoms with E-state index in [1.165, 1.54) is 0 Å². The van der Waals surface area contributed by atoms with E-state index >= 15 is 0 Å². The normalized spacial score (nSPS) is 12.2. The minimum atomic E-state index is 0.292. The molecule has 108 valence electrons. The van der Waals surface area contributed by atoms with E-state index < -0.39 is 0 Å². The largest absolute Gasteiger partial charge is 0.469 e. The first-order valence-electron chi connectivity index (χ1n) is 6.74. The molecule has 1 atom stereocenters. The predicted octanol–water partition coefficient (Wildman–Crippen LogP) is 3.70. The van der Waals surface area contributed by atoms with Crippen LogP contribution in [0.3, 0.4) is 0 Å². The van der Waals surface area contributed by atoms with Gasteiger partial charge in [-0.05, 0) is 48.3 Å². The van der Waals surface area contributed by atoms with Gasteiger partial charge in [0.1, 0.15) is 11.6 Å². The highest BCUT2D eigenvalue weighted by Gasteiger charge is 2.09. The molecule has 0 saturated carbocycles. The molecular weight excluding hydrogens is 320 g/mol. The zero-order chi connectivity index (χ0) is 14.4. The maximum atomic E-state index is 5.34. The molecule has 0 bridgehead atoms. The van der Waals surface area contributed by atoms with Crippen LogP contribution in [0.1, 0.15) is 26.0 Å². The van der Waals surface area contributed by atoms with Crippen LogP contribution in [0, 0.1) is 0 Å². The molecule has 2 aromatic rings. The second-order valence-corrected chi connectivity index (χ2v) is 5.44. The third kappa shape index (κ3) is 4.23. The highest BCUT2D eigenvalue weighted by molar-refractivity contribution is 9.10. The summed E-state index contributed by atoms with van der Waals surface area (Å²) in [6, 6.07) is 4.20. The number of furan rings is 1. The van der Waals surface area contributed by atoms with Gasteiger partial charge in [0.25, 0.3) is 0 Å². The average Bonchev–Trinajstić information content (AvgIpc) is 2.94. The second kappa shape index (κ2) is 7.28. The number of rotatable bonds is 7. The number of aromatic nitrogens is 2. The SMILES string of the molecule is CCNc1ncc(Br)c(NC(C)CCc2ccco2)n1. The lowest BCUT2D eigenvalue weighted by molar-refractivity contribution is 0.495. The standard InChI is InChI=1S/C14H19BrN4O/c1-3-16-14-17-9-12(15)13(19-14)18-10(2)6-7-11-5-4-8-20-11/h4-5,8-10H,3,6-7H2,1-2H3,(H2,16,17,18,19). The van der Waals surface area contributed by atoms with Gasteiger partial charge in [0.15, 0.2) is 0 Å². The Hall–Kier alpha value is -1.56. The lowest BCUT2D eigenvalue weighted by atomic mass is 10.1. The lowest BCUT2D eigenvalue weighted by Crippen LogP contribution is -2.18. The van der Waals surface area contributed by atoms with Crippen LogP contribution in [0.2, 0.25) is 0 Å². The van der Waals surface area contributed by atoms with Crippen LogP contribution >= 0.6 is 15.9 Å². The zero-order valence-corrected chi connectivity index (χ0v) is 13.3. The molecule has 2 rings (SSSR count). The molecule has 2 heterocycles. The molecule has 5 nitrogen and oxygen atoms in total. The van der Waals surface area contributed by atoms with E-state index in [9.17, 15) is 0 Å². The van der Waals surface area contributed by atoms with E-state index in [4.69, 9.17) is 4.42 Å². The van der Waals surface area contributed by atoms with E-state index in [2.05, 4.69) is 43.5 Å². The molecule has 1 unspecified atom stereocenters. The van der Waals surface area contributed by atoms with Crippen molar-refractivity contribution in [1.82, 2.24) is 9.97 Å². The van der Waals surface area contributed by atoms with Crippen molar-refractivity contribution >= 4 is 27.7 Å². The number of nitrogens with zero attached hydrogens (tertiary/aromatic N) is 2. The number of aryl methyl sites for hydroxylation is 1. The molecule has 0 aliphatic heterocycles. The third-order valence-electron chi connectivity index (χ3n) is 2.87. The smallest absolute Gasteiger partial charge is 0.224 e. The molecule has 0 radical (unpaired) electrons. The molecule has 0 aliphatic rings. The van der Waals surface area contributed by atoms with Crippen molar-refractivity contribution in [2.75, 3.05) is 17.2 Å². The third-order valence-corrected chi connectivity index (χ3v) is 3.45. The molecular formula is C14H19BrN4O. The predicted molar refractivity (Wildman–Crippen MR) is 84.0 cm³/mol. The Labute approximate surface area is 127 Å². The Kier molecular flexibility index (Phi) is 5.40. The fraction of sp³-hybridized carbons (Fsp3) is 0.429. The topological polar surface area (TPSA) is 63.0 Å². The highest BCUT2D eigenvalue weighted by Crippen LogP contribution is 2.21. The molecule has 6 heteroatoms. The van der Waals surface area contributed by atoms with Gasteiger partial charge in [0.05, 0.1) is 10.7 Å². The molecule has 0 spiro atoms. The van der Waals surface area contributed by atoms with Gasteiger partial charge < -0.3 is 15.1 Å². The first-order chi connectivity index (χ1) is 9.69. The monoisotopic (exact) mass is 338 g/mol. The zero-order valence-electron chi connectivity index (χ0n) is 11.7. The molecule has 0 amide bonds. The van der Waals surface area contributed by atoms with E-state index in [-0.39, 0.29) is 0 Å². The number of halogens is 1. The van der Waals surface area contributed by atoms with Crippen LogP contribution in [0.4, 0.5) is 11.8 Å². The summed E-state index contributed by atoms with van der Waals surface area (Å²) in [5, 5.41) is 6.50. The number of hydrogen-bond donors (Lipinski definition) is 2. The van der Waals surface area contributed by atoms with Crippen LogP contribution in [-0.4, -0.2) is 22.6 Å². The van der Waals surface area contributed by atoms with Gasteiger partial charge in [-0.15, -0.1) is 0 Å². The summed E-state index contributed by atoms with van der Waals surface area (Å²) in [4.78, 5) is 8.64. The Bertz CT molecular complexity index is 530. The van der Waals surface area contributed by atoms with Crippen LogP contribution in [0.25, 0.3) is 0 Å². The Morgan fingerprint density at radius 2 is 2.30 bits per heavy atom. The molecule has 2 aromatic heterocycles. The summed E-state index contributed by atoms with van der Waals surface area (Å²) in [5.41, 5.74) is 0. The minimum absolute atomic E-state index is 0.292. The van der Waals surface area contributed by atoms with Crippen molar-refractivity contribution in [3.8, 4) is 0 Å². The van der Waals surface area contributed by atoms with Gasteiger partial charge in [0, 0.05) is 25.2 Å². The van der Waals surface area contributed by atoms with Crippen molar-refractivity contribution in [3.63, 3.8) is 0 Å². The van der Waals surface area contributed by atoms with Crippen LogP contribution in [0.5, 0.6) is 0 Å². The van der Waals surface area contributed by atoms with Gasteiger partial charge in [-0.1, -0.05) is 0 Å². The summed E-state index contributed by atoms with van der Waals surface area (Å²) < 4.78 is 6.20. The molecule has 2 N–H and O–H groups in total. The maximum absolute atomic E-state index is 5.34. The van der Waals surface area contributed by atoms with Crippen molar-refractivity contribution in [1.29, 1.82) is 0 Å². The summed E-state index contributed by atoms with van der Waals surface area (Å²) >= 11 is 3.47. The van der Waals surface area contributed by atoms with Crippen LogP contribution < -0.4 is 10.6 Å². The first kappa shape index (κ1) is 14.8. The molecule has 0 aromatic carbocycles. The first-order valence-corrected chi connectivity index (χ1v) is 7.53. The minimum Gasteiger partial charge on any atom is -0.469 e. The fourth-order valence-electron chi connectivity index (χ4n) is 1.83. The Morgan fingerprint density at radius 1 is 1.45 bits per heavy atom. The number of hydrogen-bond acceptors (Lipinski definition) is 5. The Morgan fingerprint density at radius 3 is 3.00 bits per heavy atom. The molecule has 0 aliphatic carbocycles. The molecule has 20 heavy (non-hydrogen) atoms. The molecule has 0 fully saturated rings. The summed E-state index contributed by atoms with van der Waals surface area (Å²) in [5.74, 6) is 2.45. The average molecular weight is 339 g/mol. The quantitative estimate of drug-likeness (QED) is 0.805. The van der Waals surface area contributed by atoms with Gasteiger partial charge in [0.2, 0.25) is 5.95 Å². The van der Waals surface area contributed by atoms with Gasteiger partial charge in [-0.25, -0.2) is 4.98 Å². The summed E-state index contributed by atoms with van der Waals surface area (Å²) in [6.07, 6.45) is 5.34. The lowest BCUT2D eigenvalue weighted by Gasteiger charge is -2.15. The van der Waals surface area contributed by atoms with Gasteiger partial charge >= 0.3 is 0 Å². The van der Waals surface area contributed by atoms with Crippen LogP contribution in [-0.2, 0) is 6.42 Å². The van der Waals surface area contributed by atoms with E-state index in [0.717, 1.165) is 35.4 Å². The summed E-state index contributed by atoms with van der Waals surface area (Å²) in [7, 11) is 0. The van der Waals surface area contributed by atoms with Crippen molar-refractivity contribution in [2.24, 2.45) is 0 Å². The highest BCUT2D eigenvalue weighted by atomic mass is 79.9. The van der Waals surface area contributed by atoms with Crippen LogP contribution in [0.15, 0.2) is 33.5 Å². The van der Waals surface area contributed by atoms with E-state index in [1.807, 2.05) is 19.1 Å². The summed E-state index contributed by atoms with van der Waals surface area (Å²) in [6.45, 7) is 4.95. The fourth-order valence-corrected chi connectivity index (χ4v) is 2.14. The maximum Gasteiger partial charge on any atom is 0.224 e. The van der Waals surface area contributed by atoms with Gasteiger partial charge in [-0.2, -0.15) is 4.98 Å². The van der Waals surface area contributed by atoms with Crippen molar-refractivity contribution in [2.45, 2.75) is 32.7 Å². The molecule has 0 saturated heterocycles. The number of anilines is 2. The second-order valence-electron chi connectivity index (χ2n) is 4.58.